The number of rotatable bonds is 14. The van der Waals surface area contributed by atoms with Gasteiger partial charge < -0.3 is 36.2 Å². The maximum atomic E-state index is 13.8. The lowest BCUT2D eigenvalue weighted by Crippen LogP contribution is -2.55. The molecule has 13 nitrogen and oxygen atoms in total. The van der Waals surface area contributed by atoms with E-state index in [9.17, 15) is 24.3 Å². The zero-order valence-corrected chi connectivity index (χ0v) is 31.9. The average molecular weight is 755 g/mol. The van der Waals surface area contributed by atoms with Gasteiger partial charge in [-0.1, -0.05) is 24.3 Å². The van der Waals surface area contributed by atoms with E-state index >= 15 is 0 Å². The summed E-state index contributed by atoms with van der Waals surface area (Å²) in [5, 5.41) is 22.4. The van der Waals surface area contributed by atoms with Crippen LogP contribution >= 0.6 is 23.7 Å². The fraction of sp³-hybridized carbons (Fsp3) is 0.514. The smallest absolute Gasteiger partial charge is 0.269 e. The van der Waals surface area contributed by atoms with Gasteiger partial charge in [-0.25, -0.2) is 9.97 Å². The topological polar surface area (TPSA) is 169 Å². The predicted molar refractivity (Wildman–Crippen MR) is 205 cm³/mol. The number of nitrogens with one attached hydrogen (secondary N) is 4. The number of aliphatic hydroxyl groups is 1. The first-order valence-corrected chi connectivity index (χ1v) is 18.6. The number of nitrogens with zero attached hydrogens (tertiary/aromatic N) is 4. The second-order valence-corrected chi connectivity index (χ2v) is 14.7. The van der Waals surface area contributed by atoms with Gasteiger partial charge in [-0.2, -0.15) is 0 Å². The number of aromatic nitrogens is 2. The minimum Gasteiger partial charge on any atom is -0.391 e. The monoisotopic (exact) mass is 754 g/mol. The minimum absolute atomic E-state index is 0. The molecule has 3 atom stereocenters. The van der Waals surface area contributed by atoms with Gasteiger partial charge in [0.1, 0.15) is 11.7 Å². The quantitative estimate of drug-likeness (QED) is 0.156. The number of pyridine rings is 1. The lowest BCUT2D eigenvalue weighted by Gasteiger charge is -2.36. The molecule has 2 saturated heterocycles. The Morgan fingerprint density at radius 2 is 1.77 bits per heavy atom. The summed E-state index contributed by atoms with van der Waals surface area (Å²) in [7, 11) is 0. The van der Waals surface area contributed by atoms with Crippen molar-refractivity contribution in [3.63, 3.8) is 0 Å². The molecule has 1 aromatic carbocycles. The molecule has 0 radical (unpaired) electrons. The van der Waals surface area contributed by atoms with Crippen LogP contribution in [0.1, 0.15) is 61.8 Å². The predicted octanol–water partition coefficient (Wildman–Crippen LogP) is 2.71. The van der Waals surface area contributed by atoms with Crippen LogP contribution in [0.2, 0.25) is 0 Å². The maximum absolute atomic E-state index is 13.8. The van der Waals surface area contributed by atoms with Crippen molar-refractivity contribution in [3.8, 4) is 10.4 Å². The number of β-amino-alcohol motifs (C(OH)–C–C–N with tert-alkyl or cyclic N) is 1. The number of piperazine rings is 1. The summed E-state index contributed by atoms with van der Waals surface area (Å²) in [5.41, 5.74) is 5.26. The molecule has 0 spiro atoms. The molecule has 0 bridgehead atoms. The highest BCUT2D eigenvalue weighted by atomic mass is 35.5. The number of likely N-dealkylation sites (tertiary alicyclic amines) is 1. The molecule has 4 amide bonds. The van der Waals surface area contributed by atoms with Gasteiger partial charge in [-0.15, -0.1) is 23.7 Å². The normalized spacial score (nSPS) is 17.9. The Balaban J connectivity index is 0.00000605. The summed E-state index contributed by atoms with van der Waals surface area (Å²) in [5.74, 6) is -1.17. The summed E-state index contributed by atoms with van der Waals surface area (Å²) >= 11 is 1.60. The first-order valence-electron chi connectivity index (χ1n) is 17.7. The van der Waals surface area contributed by atoms with E-state index in [0.717, 1.165) is 53.6 Å². The van der Waals surface area contributed by atoms with Crippen LogP contribution in [0.5, 0.6) is 0 Å². The van der Waals surface area contributed by atoms with Gasteiger partial charge >= 0.3 is 0 Å². The van der Waals surface area contributed by atoms with E-state index in [1.165, 1.54) is 4.90 Å². The van der Waals surface area contributed by atoms with Crippen LogP contribution in [-0.2, 0) is 20.8 Å². The van der Waals surface area contributed by atoms with Gasteiger partial charge in [0.15, 0.2) is 0 Å². The van der Waals surface area contributed by atoms with Crippen molar-refractivity contribution in [1.29, 1.82) is 0 Å². The first-order chi connectivity index (χ1) is 24.4. The Hall–Kier alpha value is -4.11. The SMILES string of the molecule is Cc1ncsc1-c1ccc(CCNC(=O)[C@@H]2C[C@@H](O)CN2C(=O)C(C)(C)[C@H](C)NC(=O)CCCNC(=O)c2ccc(N3CCNCC3)cn2)cc1.Cl. The number of carbonyl (C=O) groups is 4. The van der Waals surface area contributed by atoms with Crippen LogP contribution in [-0.4, -0.2) is 108 Å². The van der Waals surface area contributed by atoms with Crippen LogP contribution < -0.4 is 26.2 Å². The summed E-state index contributed by atoms with van der Waals surface area (Å²) in [6.07, 6.45) is 2.24. The van der Waals surface area contributed by atoms with Crippen LogP contribution in [0.4, 0.5) is 5.69 Å². The third kappa shape index (κ3) is 10.3. The Morgan fingerprint density at radius 3 is 2.42 bits per heavy atom. The van der Waals surface area contributed by atoms with Crippen LogP contribution in [0, 0.1) is 12.3 Å². The molecular weight excluding hydrogens is 704 g/mol. The zero-order chi connectivity index (χ0) is 36.5. The van der Waals surface area contributed by atoms with Crippen molar-refractivity contribution in [3.05, 3.63) is 65.1 Å². The number of hydrogen-bond donors (Lipinski definition) is 5. The fourth-order valence-electron chi connectivity index (χ4n) is 6.36. The van der Waals surface area contributed by atoms with E-state index in [0.29, 0.717) is 31.6 Å². The maximum Gasteiger partial charge on any atom is 0.269 e. The van der Waals surface area contributed by atoms with Crippen molar-refractivity contribution >= 4 is 53.1 Å². The number of amides is 4. The van der Waals surface area contributed by atoms with Gasteiger partial charge in [-0.3, -0.25) is 19.2 Å². The molecule has 0 saturated carbocycles. The van der Waals surface area contributed by atoms with E-state index < -0.39 is 23.6 Å². The van der Waals surface area contributed by atoms with Gasteiger partial charge in [0.05, 0.1) is 39.5 Å². The number of hydrogen-bond acceptors (Lipinski definition) is 10. The second kappa shape index (κ2) is 18.6. The third-order valence-electron chi connectivity index (χ3n) is 9.86. The van der Waals surface area contributed by atoms with E-state index in [-0.39, 0.29) is 55.4 Å². The molecular formula is C37H51ClN8O5S. The second-order valence-electron chi connectivity index (χ2n) is 13.9. The van der Waals surface area contributed by atoms with Crippen molar-refractivity contribution in [2.24, 2.45) is 5.41 Å². The van der Waals surface area contributed by atoms with Crippen molar-refractivity contribution < 1.29 is 24.3 Å². The standard InChI is InChI=1S/C37H50N8O5S.ClH/c1-24-33(51-23-42-24)27-9-7-26(8-10-27)13-15-40-35(49)31-20-29(46)22-45(31)36(50)37(3,4)25(2)43-32(47)6-5-14-39-34(48)30-12-11-28(21-41-30)44-18-16-38-17-19-44;/h7-12,21,23,25,29,31,38,46H,5-6,13-20,22H2,1-4H3,(H,39,48)(H,40,49)(H,43,47);1H/t25-,29+,31-;/m0./s1. The van der Waals surface area contributed by atoms with Crippen LogP contribution in [0.15, 0.2) is 48.1 Å². The van der Waals surface area contributed by atoms with Gasteiger partial charge in [0, 0.05) is 64.7 Å². The Labute approximate surface area is 315 Å². The van der Waals surface area contributed by atoms with Crippen LogP contribution in [0.25, 0.3) is 10.4 Å². The van der Waals surface area contributed by atoms with Gasteiger partial charge in [0.2, 0.25) is 17.7 Å². The molecule has 0 aliphatic carbocycles. The number of benzene rings is 1. The zero-order valence-electron chi connectivity index (χ0n) is 30.3. The molecule has 15 heteroatoms. The molecule has 2 fully saturated rings. The average Bonchev–Trinajstić information content (AvgIpc) is 3.75. The molecule has 2 aliphatic rings. The minimum atomic E-state index is -1.05. The van der Waals surface area contributed by atoms with Crippen molar-refractivity contribution in [2.45, 2.75) is 71.6 Å². The molecule has 3 aromatic rings. The summed E-state index contributed by atoms with van der Waals surface area (Å²) in [6, 6.07) is 10.4. The molecule has 52 heavy (non-hydrogen) atoms. The number of aliphatic hydroxyl groups excluding tert-OH is 1. The molecule has 4 heterocycles. The number of thiazole rings is 1. The Morgan fingerprint density at radius 1 is 1.04 bits per heavy atom. The van der Waals surface area contributed by atoms with Crippen LogP contribution in [0.3, 0.4) is 0 Å². The number of carbonyl (C=O) groups excluding carboxylic acids is 4. The molecule has 5 N–H and O–H groups in total. The highest BCUT2D eigenvalue weighted by Crippen LogP contribution is 2.30. The summed E-state index contributed by atoms with van der Waals surface area (Å²) in [4.78, 5) is 65.9. The van der Waals surface area contributed by atoms with E-state index in [1.807, 2.05) is 30.6 Å². The lowest BCUT2D eigenvalue weighted by atomic mass is 9.83. The highest BCUT2D eigenvalue weighted by Gasteiger charge is 2.46. The summed E-state index contributed by atoms with van der Waals surface area (Å²) < 4.78 is 0. The molecule has 5 rings (SSSR count). The Kier molecular flexibility index (Phi) is 14.5. The van der Waals surface area contributed by atoms with Crippen molar-refractivity contribution in [1.82, 2.24) is 36.1 Å². The molecule has 2 aliphatic heterocycles. The van der Waals surface area contributed by atoms with E-state index in [2.05, 4.69) is 48.3 Å². The van der Waals surface area contributed by atoms with Crippen molar-refractivity contribution in [2.75, 3.05) is 50.7 Å². The first kappa shape index (κ1) is 40.7. The van der Waals surface area contributed by atoms with Gasteiger partial charge in [-0.05, 0) is 63.8 Å². The number of halogens is 1. The third-order valence-corrected chi connectivity index (χ3v) is 10.8. The highest BCUT2D eigenvalue weighted by molar-refractivity contribution is 7.13. The molecule has 282 valence electrons. The van der Waals surface area contributed by atoms with E-state index in [1.54, 1.807) is 44.4 Å². The Bertz CT molecular complexity index is 1660. The fourth-order valence-corrected chi connectivity index (χ4v) is 7.17. The van der Waals surface area contributed by atoms with Gasteiger partial charge in [0.25, 0.3) is 5.91 Å². The lowest BCUT2D eigenvalue weighted by molar-refractivity contribution is -0.147. The largest absolute Gasteiger partial charge is 0.391 e. The number of anilines is 1. The summed E-state index contributed by atoms with van der Waals surface area (Å²) in [6.45, 7) is 11.6. The number of aryl methyl sites for hydroxylation is 1. The van der Waals surface area contributed by atoms with E-state index in [4.69, 9.17) is 0 Å². The molecule has 0 unspecified atom stereocenters. The molecule has 2 aromatic heterocycles.